The molecule has 1 fully saturated rings. The standard InChI is InChI=1S/C39H45N3O6/c1-26-36(24-42-18-17-32-19-34(45-2)35(46-3)20-33(32)23-42)47-38(48-37(26)30-13-11-29(25-43)12-14-30)31-15-9-28(10-16-31)22-41-39(44)40-21-27-7-5-4-6-8-27/h4-16,19-20,26,36-38,43H,17-18,21-25H2,1-3H3,(H2,40,41,44)/t26-,36+,37+,38+/m1/s1. The van der Waals surface area contributed by atoms with Crippen LogP contribution in [0.3, 0.4) is 0 Å². The van der Waals surface area contributed by atoms with Crippen molar-refractivity contribution in [3.63, 3.8) is 0 Å². The molecule has 0 radical (unpaired) electrons. The lowest BCUT2D eigenvalue weighted by molar-refractivity contribution is -0.276. The van der Waals surface area contributed by atoms with Crippen molar-refractivity contribution in [2.75, 3.05) is 27.3 Å². The molecule has 0 bridgehead atoms. The number of methoxy groups -OCH3 is 2. The van der Waals surface area contributed by atoms with E-state index in [1.54, 1.807) is 14.2 Å². The fourth-order valence-electron chi connectivity index (χ4n) is 6.50. The lowest BCUT2D eigenvalue weighted by Gasteiger charge is -2.43. The Labute approximate surface area is 282 Å². The molecule has 0 unspecified atom stereocenters. The third kappa shape index (κ3) is 7.99. The van der Waals surface area contributed by atoms with Gasteiger partial charge in [-0.05, 0) is 51.9 Å². The molecule has 1 saturated heterocycles. The number of benzene rings is 4. The summed E-state index contributed by atoms with van der Waals surface area (Å²) in [7, 11) is 3.34. The van der Waals surface area contributed by atoms with Gasteiger partial charge in [-0.1, -0.05) is 85.8 Å². The number of hydrogen-bond donors (Lipinski definition) is 3. The van der Waals surface area contributed by atoms with Gasteiger partial charge in [0.1, 0.15) is 0 Å². The monoisotopic (exact) mass is 651 g/mol. The van der Waals surface area contributed by atoms with E-state index in [4.69, 9.17) is 18.9 Å². The maximum absolute atomic E-state index is 12.4. The van der Waals surface area contributed by atoms with Crippen LogP contribution in [0.15, 0.2) is 91.0 Å². The zero-order valence-electron chi connectivity index (χ0n) is 27.9. The summed E-state index contributed by atoms with van der Waals surface area (Å²) >= 11 is 0. The molecule has 0 aliphatic carbocycles. The summed E-state index contributed by atoms with van der Waals surface area (Å²) < 4.78 is 24.5. The Balaban J connectivity index is 1.14. The van der Waals surface area contributed by atoms with Crippen LogP contribution < -0.4 is 20.1 Å². The topological polar surface area (TPSA) is 102 Å². The van der Waals surface area contributed by atoms with Gasteiger partial charge in [0, 0.05) is 44.2 Å². The molecule has 252 valence electrons. The fourth-order valence-corrected chi connectivity index (χ4v) is 6.50. The zero-order valence-corrected chi connectivity index (χ0v) is 27.9. The van der Waals surface area contributed by atoms with Crippen LogP contribution in [-0.2, 0) is 42.1 Å². The number of fused-ring (bicyclic) bond motifs is 1. The number of aliphatic hydroxyl groups is 1. The van der Waals surface area contributed by atoms with Gasteiger partial charge in [0.05, 0.1) is 33.0 Å². The molecule has 2 aliphatic heterocycles. The van der Waals surface area contributed by atoms with Crippen LogP contribution >= 0.6 is 0 Å². The molecule has 2 heterocycles. The Morgan fingerprint density at radius 2 is 1.42 bits per heavy atom. The Kier molecular flexibility index (Phi) is 10.9. The Bertz CT molecular complexity index is 1650. The number of rotatable bonds is 11. The average Bonchev–Trinajstić information content (AvgIpc) is 3.14. The second-order valence-corrected chi connectivity index (χ2v) is 12.5. The third-order valence-electron chi connectivity index (χ3n) is 9.36. The van der Waals surface area contributed by atoms with Gasteiger partial charge in [0.2, 0.25) is 0 Å². The molecule has 0 saturated carbocycles. The Morgan fingerprint density at radius 1 is 0.812 bits per heavy atom. The molecule has 4 aromatic carbocycles. The van der Waals surface area contributed by atoms with Crippen LogP contribution in [0, 0.1) is 5.92 Å². The molecule has 0 spiro atoms. The summed E-state index contributed by atoms with van der Waals surface area (Å²) in [5.41, 5.74) is 7.39. The van der Waals surface area contributed by atoms with Crippen molar-refractivity contribution in [3.8, 4) is 11.5 Å². The van der Waals surface area contributed by atoms with E-state index < -0.39 is 6.29 Å². The highest BCUT2D eigenvalue weighted by atomic mass is 16.7. The van der Waals surface area contributed by atoms with Gasteiger partial charge in [-0.3, -0.25) is 4.90 Å². The lowest BCUT2D eigenvalue weighted by Crippen LogP contribution is -2.45. The third-order valence-corrected chi connectivity index (χ3v) is 9.36. The molecular formula is C39H45N3O6. The number of carbonyl (C=O) groups excluding carboxylic acids is 1. The number of nitrogens with zero attached hydrogens (tertiary/aromatic N) is 1. The molecular weight excluding hydrogens is 606 g/mol. The molecule has 4 aromatic rings. The van der Waals surface area contributed by atoms with E-state index in [0.717, 1.165) is 65.4 Å². The highest BCUT2D eigenvalue weighted by molar-refractivity contribution is 5.73. The maximum atomic E-state index is 12.4. The van der Waals surface area contributed by atoms with E-state index in [0.29, 0.717) is 13.1 Å². The quantitative estimate of drug-likeness (QED) is 0.182. The number of hydrogen-bond acceptors (Lipinski definition) is 7. The summed E-state index contributed by atoms with van der Waals surface area (Å²) in [5.74, 6) is 1.58. The van der Waals surface area contributed by atoms with E-state index in [-0.39, 0.29) is 30.8 Å². The lowest BCUT2D eigenvalue weighted by atomic mass is 9.89. The number of urea groups is 1. The highest BCUT2D eigenvalue weighted by Gasteiger charge is 2.39. The van der Waals surface area contributed by atoms with Crippen LogP contribution in [0.2, 0.25) is 0 Å². The van der Waals surface area contributed by atoms with Gasteiger partial charge >= 0.3 is 6.03 Å². The van der Waals surface area contributed by atoms with Gasteiger partial charge in [-0.25, -0.2) is 4.79 Å². The van der Waals surface area contributed by atoms with E-state index in [9.17, 15) is 9.90 Å². The minimum atomic E-state index is -0.564. The SMILES string of the molecule is COc1cc2c(cc1OC)CN(C[C@@H]1O[C@H](c3ccc(CNC(=O)NCc4ccccc4)cc3)O[C@H](c3ccc(CO)cc3)[C@@H]1C)CC2. The summed E-state index contributed by atoms with van der Waals surface area (Å²) in [6.07, 6.45) is 0.0641. The first kappa shape index (κ1) is 33.5. The van der Waals surface area contributed by atoms with Crippen molar-refractivity contribution < 1.29 is 28.8 Å². The van der Waals surface area contributed by atoms with Crippen LogP contribution in [0.4, 0.5) is 4.79 Å². The van der Waals surface area contributed by atoms with E-state index in [2.05, 4.69) is 34.6 Å². The summed E-state index contributed by atoms with van der Waals surface area (Å²) in [6.45, 7) is 5.52. The van der Waals surface area contributed by atoms with E-state index >= 15 is 0 Å². The minimum absolute atomic E-state index is 0.00129. The summed E-state index contributed by atoms with van der Waals surface area (Å²) in [6, 6.07) is 29.8. The molecule has 9 heteroatoms. The van der Waals surface area contributed by atoms with Gasteiger partial charge in [0.15, 0.2) is 17.8 Å². The van der Waals surface area contributed by atoms with Gasteiger partial charge in [-0.2, -0.15) is 0 Å². The molecule has 2 amide bonds. The van der Waals surface area contributed by atoms with Crippen molar-refractivity contribution in [2.24, 2.45) is 5.92 Å². The van der Waals surface area contributed by atoms with Crippen molar-refractivity contribution in [1.82, 2.24) is 15.5 Å². The van der Waals surface area contributed by atoms with Gasteiger partial charge in [0.25, 0.3) is 0 Å². The van der Waals surface area contributed by atoms with Crippen LogP contribution in [0.5, 0.6) is 11.5 Å². The van der Waals surface area contributed by atoms with Crippen molar-refractivity contribution in [1.29, 1.82) is 0 Å². The number of amides is 2. The number of carbonyl (C=O) groups is 1. The number of ether oxygens (including phenoxy) is 4. The fraction of sp³-hybridized carbons (Fsp3) is 0.359. The molecule has 48 heavy (non-hydrogen) atoms. The first-order valence-electron chi connectivity index (χ1n) is 16.5. The normalized spacial score (nSPS) is 20.8. The smallest absolute Gasteiger partial charge is 0.315 e. The molecule has 9 nitrogen and oxygen atoms in total. The van der Waals surface area contributed by atoms with E-state index in [1.807, 2.05) is 78.9 Å². The van der Waals surface area contributed by atoms with Crippen LogP contribution in [-0.4, -0.2) is 49.5 Å². The molecule has 4 atom stereocenters. The molecule has 6 rings (SSSR count). The number of aliphatic hydroxyl groups excluding tert-OH is 1. The number of nitrogens with one attached hydrogen (secondary N) is 2. The van der Waals surface area contributed by atoms with Gasteiger partial charge in [-0.15, -0.1) is 0 Å². The Hall–Kier alpha value is -4.41. The van der Waals surface area contributed by atoms with Crippen molar-refractivity contribution in [3.05, 3.63) is 130 Å². The largest absolute Gasteiger partial charge is 0.493 e. The van der Waals surface area contributed by atoms with Crippen LogP contribution in [0.1, 0.15) is 58.3 Å². The Morgan fingerprint density at radius 3 is 2.06 bits per heavy atom. The van der Waals surface area contributed by atoms with Crippen LogP contribution in [0.25, 0.3) is 0 Å². The average molecular weight is 652 g/mol. The summed E-state index contributed by atoms with van der Waals surface area (Å²) in [5, 5.41) is 15.4. The van der Waals surface area contributed by atoms with Crippen molar-refractivity contribution >= 4 is 6.03 Å². The maximum Gasteiger partial charge on any atom is 0.315 e. The molecule has 0 aromatic heterocycles. The van der Waals surface area contributed by atoms with E-state index in [1.165, 1.54) is 11.1 Å². The van der Waals surface area contributed by atoms with Gasteiger partial charge < -0.3 is 34.7 Å². The molecule has 3 N–H and O–H groups in total. The minimum Gasteiger partial charge on any atom is -0.493 e. The zero-order chi connectivity index (χ0) is 33.5. The van der Waals surface area contributed by atoms with Crippen molar-refractivity contribution in [2.45, 2.75) is 58.1 Å². The second-order valence-electron chi connectivity index (χ2n) is 12.5. The predicted octanol–water partition coefficient (Wildman–Crippen LogP) is 6.05. The highest BCUT2D eigenvalue weighted by Crippen LogP contribution is 2.42. The second kappa shape index (κ2) is 15.7. The first-order chi connectivity index (χ1) is 23.4. The molecule has 2 aliphatic rings. The first-order valence-corrected chi connectivity index (χ1v) is 16.5. The predicted molar refractivity (Wildman–Crippen MR) is 183 cm³/mol. The summed E-state index contributed by atoms with van der Waals surface area (Å²) in [4.78, 5) is 14.8.